The minimum Gasteiger partial charge on any atom is -0.482 e. The van der Waals surface area contributed by atoms with Gasteiger partial charge in [-0.05, 0) is 36.4 Å². The van der Waals surface area contributed by atoms with Gasteiger partial charge < -0.3 is 15.0 Å². The highest BCUT2D eigenvalue weighted by molar-refractivity contribution is 7.89. The lowest BCUT2D eigenvalue weighted by Crippen LogP contribution is -2.48. The van der Waals surface area contributed by atoms with Crippen LogP contribution >= 0.6 is 11.6 Å². The van der Waals surface area contributed by atoms with Gasteiger partial charge in [-0.2, -0.15) is 0 Å². The van der Waals surface area contributed by atoms with E-state index in [0.717, 1.165) is 36.9 Å². The standard InChI is InChI=1S/C20H23ClN4O4S/c21-15-2-1-3-16(12-15)25-10-8-24(9-11-25)7-6-22-30(27,28)17-4-5-19-18(13-17)23-20(26)14-29-19/h1-5,12-13,22H,6-11,14H2,(H,23,26). The number of hydrogen-bond donors (Lipinski definition) is 2. The Labute approximate surface area is 180 Å². The van der Waals surface area contributed by atoms with E-state index >= 15 is 0 Å². The van der Waals surface area contributed by atoms with Gasteiger partial charge in [-0.25, -0.2) is 13.1 Å². The number of rotatable bonds is 6. The first-order chi connectivity index (χ1) is 14.4. The van der Waals surface area contributed by atoms with Gasteiger partial charge in [-0.3, -0.25) is 9.69 Å². The number of sulfonamides is 1. The number of carbonyl (C=O) groups is 1. The molecular formula is C20H23ClN4O4S. The van der Waals surface area contributed by atoms with Crippen molar-refractivity contribution in [2.24, 2.45) is 0 Å². The Morgan fingerprint density at radius 1 is 1.10 bits per heavy atom. The van der Waals surface area contributed by atoms with Crippen molar-refractivity contribution in [3.8, 4) is 5.75 Å². The van der Waals surface area contributed by atoms with Gasteiger partial charge in [-0.1, -0.05) is 17.7 Å². The maximum Gasteiger partial charge on any atom is 0.262 e. The molecular weight excluding hydrogens is 428 g/mol. The molecule has 2 aliphatic heterocycles. The third-order valence-electron chi connectivity index (χ3n) is 5.16. The van der Waals surface area contributed by atoms with Crippen LogP contribution in [0.1, 0.15) is 0 Å². The van der Waals surface area contributed by atoms with Crippen molar-refractivity contribution in [1.82, 2.24) is 9.62 Å². The first kappa shape index (κ1) is 20.9. The highest BCUT2D eigenvalue weighted by Gasteiger charge is 2.22. The molecule has 10 heteroatoms. The number of carbonyl (C=O) groups excluding carboxylic acids is 1. The summed E-state index contributed by atoms with van der Waals surface area (Å²) in [5.74, 6) is 0.160. The zero-order valence-corrected chi connectivity index (χ0v) is 17.9. The zero-order valence-electron chi connectivity index (χ0n) is 16.3. The quantitative estimate of drug-likeness (QED) is 0.697. The van der Waals surface area contributed by atoms with Crippen LogP contribution in [-0.4, -0.2) is 65.1 Å². The van der Waals surface area contributed by atoms with E-state index in [1.165, 1.54) is 12.1 Å². The van der Waals surface area contributed by atoms with Crippen LogP contribution in [0.4, 0.5) is 11.4 Å². The molecule has 160 valence electrons. The number of hydrogen-bond acceptors (Lipinski definition) is 6. The molecule has 2 N–H and O–H groups in total. The maximum absolute atomic E-state index is 12.6. The number of fused-ring (bicyclic) bond motifs is 1. The molecule has 4 rings (SSSR count). The molecule has 0 unspecified atom stereocenters. The number of benzene rings is 2. The summed E-state index contributed by atoms with van der Waals surface area (Å²) in [4.78, 5) is 16.0. The molecule has 2 aromatic rings. The summed E-state index contributed by atoms with van der Waals surface area (Å²) in [5, 5.41) is 3.34. The molecule has 2 heterocycles. The fraction of sp³-hybridized carbons (Fsp3) is 0.350. The topological polar surface area (TPSA) is 91.0 Å². The van der Waals surface area contributed by atoms with Gasteiger partial charge >= 0.3 is 0 Å². The molecule has 1 saturated heterocycles. The fourth-order valence-electron chi connectivity index (χ4n) is 3.55. The van der Waals surface area contributed by atoms with Crippen molar-refractivity contribution in [3.63, 3.8) is 0 Å². The zero-order chi connectivity index (χ0) is 21.1. The third kappa shape index (κ3) is 4.86. The van der Waals surface area contributed by atoms with Crippen LogP contribution in [0.15, 0.2) is 47.4 Å². The fourth-order valence-corrected chi connectivity index (χ4v) is 4.78. The highest BCUT2D eigenvalue weighted by atomic mass is 35.5. The molecule has 1 fully saturated rings. The summed E-state index contributed by atoms with van der Waals surface area (Å²) in [6.07, 6.45) is 0. The van der Waals surface area contributed by atoms with Gasteiger partial charge in [0, 0.05) is 50.0 Å². The Kier molecular flexibility index (Phi) is 6.14. The van der Waals surface area contributed by atoms with E-state index in [-0.39, 0.29) is 17.4 Å². The minimum absolute atomic E-state index is 0.0675. The number of nitrogens with zero attached hydrogens (tertiary/aromatic N) is 2. The minimum atomic E-state index is -3.68. The van der Waals surface area contributed by atoms with Crippen molar-refractivity contribution in [2.75, 3.05) is 56.1 Å². The monoisotopic (exact) mass is 450 g/mol. The van der Waals surface area contributed by atoms with Gasteiger partial charge in [0.05, 0.1) is 10.6 Å². The predicted molar refractivity (Wildman–Crippen MR) is 116 cm³/mol. The van der Waals surface area contributed by atoms with Gasteiger partial charge in [-0.15, -0.1) is 0 Å². The summed E-state index contributed by atoms with van der Waals surface area (Å²) < 4.78 is 33.1. The largest absolute Gasteiger partial charge is 0.482 e. The van der Waals surface area contributed by atoms with Crippen molar-refractivity contribution in [3.05, 3.63) is 47.5 Å². The number of halogens is 1. The molecule has 0 spiro atoms. The van der Waals surface area contributed by atoms with E-state index < -0.39 is 10.0 Å². The van der Waals surface area contributed by atoms with Crippen LogP contribution in [0.25, 0.3) is 0 Å². The smallest absolute Gasteiger partial charge is 0.262 e. The molecule has 8 nitrogen and oxygen atoms in total. The Hall–Kier alpha value is -2.33. The predicted octanol–water partition coefficient (Wildman–Crippen LogP) is 1.77. The van der Waals surface area contributed by atoms with Gasteiger partial charge in [0.25, 0.3) is 5.91 Å². The lowest BCUT2D eigenvalue weighted by atomic mass is 10.2. The van der Waals surface area contributed by atoms with E-state index in [0.29, 0.717) is 24.5 Å². The highest BCUT2D eigenvalue weighted by Crippen LogP contribution is 2.30. The average Bonchev–Trinajstić information content (AvgIpc) is 2.73. The molecule has 2 aromatic carbocycles. The Balaban J connectivity index is 1.28. The molecule has 0 radical (unpaired) electrons. The number of nitrogens with one attached hydrogen (secondary N) is 2. The Bertz CT molecular complexity index is 1040. The van der Waals surface area contributed by atoms with Crippen molar-refractivity contribution in [2.45, 2.75) is 4.90 Å². The van der Waals surface area contributed by atoms with Crippen LogP contribution in [0.5, 0.6) is 5.75 Å². The maximum atomic E-state index is 12.6. The first-order valence-corrected chi connectivity index (χ1v) is 11.6. The molecule has 30 heavy (non-hydrogen) atoms. The lowest BCUT2D eigenvalue weighted by Gasteiger charge is -2.36. The molecule has 1 amide bonds. The van der Waals surface area contributed by atoms with E-state index in [1.54, 1.807) is 6.07 Å². The van der Waals surface area contributed by atoms with E-state index in [4.69, 9.17) is 16.3 Å². The molecule has 0 saturated carbocycles. The second-order valence-electron chi connectivity index (χ2n) is 7.20. The van der Waals surface area contributed by atoms with Crippen molar-refractivity contribution in [1.29, 1.82) is 0 Å². The normalized spacial score (nSPS) is 17.2. The Morgan fingerprint density at radius 3 is 2.67 bits per heavy atom. The van der Waals surface area contributed by atoms with Crippen molar-refractivity contribution >= 4 is 38.9 Å². The summed E-state index contributed by atoms with van der Waals surface area (Å²) in [5.41, 5.74) is 1.47. The number of anilines is 2. The molecule has 2 aliphatic rings. The average molecular weight is 451 g/mol. The second-order valence-corrected chi connectivity index (χ2v) is 9.40. The lowest BCUT2D eigenvalue weighted by molar-refractivity contribution is -0.118. The van der Waals surface area contributed by atoms with Crippen molar-refractivity contribution < 1.29 is 17.9 Å². The third-order valence-corrected chi connectivity index (χ3v) is 6.85. The number of ether oxygens (including phenoxy) is 1. The van der Waals surface area contributed by atoms with Crippen LogP contribution in [0, 0.1) is 0 Å². The summed E-state index contributed by atoms with van der Waals surface area (Å²) in [7, 11) is -3.68. The van der Waals surface area contributed by atoms with Crippen LogP contribution in [0.3, 0.4) is 0 Å². The summed E-state index contributed by atoms with van der Waals surface area (Å²) >= 11 is 6.07. The first-order valence-electron chi connectivity index (χ1n) is 9.70. The van der Waals surface area contributed by atoms with E-state index in [9.17, 15) is 13.2 Å². The van der Waals surface area contributed by atoms with Gasteiger partial charge in [0.2, 0.25) is 10.0 Å². The summed E-state index contributed by atoms with van der Waals surface area (Å²) in [6.45, 7) is 4.26. The SMILES string of the molecule is O=C1COc2ccc(S(=O)(=O)NCCN3CCN(c4cccc(Cl)c4)CC3)cc2N1. The van der Waals surface area contributed by atoms with Crippen LogP contribution in [0.2, 0.25) is 5.02 Å². The number of amides is 1. The van der Waals surface area contributed by atoms with Gasteiger partial charge in [0.15, 0.2) is 6.61 Å². The van der Waals surface area contributed by atoms with Crippen LogP contribution in [-0.2, 0) is 14.8 Å². The molecule has 0 aromatic heterocycles. The van der Waals surface area contributed by atoms with E-state index in [2.05, 4.69) is 19.8 Å². The van der Waals surface area contributed by atoms with Crippen LogP contribution < -0.4 is 19.7 Å². The molecule has 0 bridgehead atoms. The number of piperazine rings is 1. The summed E-state index contributed by atoms with van der Waals surface area (Å²) in [6, 6.07) is 12.2. The second kappa shape index (κ2) is 8.81. The molecule has 0 aliphatic carbocycles. The van der Waals surface area contributed by atoms with Gasteiger partial charge in [0.1, 0.15) is 5.75 Å². The molecule has 0 atom stereocenters. The van der Waals surface area contributed by atoms with E-state index in [1.807, 2.05) is 24.3 Å². The Morgan fingerprint density at radius 2 is 1.90 bits per heavy atom.